The van der Waals surface area contributed by atoms with Crippen LogP contribution in [0.15, 0.2) is 36.7 Å². The van der Waals surface area contributed by atoms with E-state index in [0.717, 1.165) is 26.9 Å². The monoisotopic (exact) mass is 334 g/mol. The zero-order valence-corrected chi connectivity index (χ0v) is 13.2. The summed E-state index contributed by atoms with van der Waals surface area (Å²) in [6, 6.07) is 7.78. The van der Waals surface area contributed by atoms with Crippen molar-refractivity contribution in [2.75, 3.05) is 11.5 Å². The van der Waals surface area contributed by atoms with Crippen molar-refractivity contribution in [1.29, 1.82) is 0 Å². The van der Waals surface area contributed by atoms with Gasteiger partial charge in [0.15, 0.2) is 5.13 Å². The Morgan fingerprint density at radius 1 is 1.14 bits per heavy atom. The molecule has 6 nitrogen and oxygen atoms in total. The van der Waals surface area contributed by atoms with Crippen molar-refractivity contribution in [3.8, 4) is 11.1 Å². The molecule has 0 aliphatic heterocycles. The molecule has 4 N–H and O–H groups in total. The fraction of sp³-hybridized carbons (Fsp3) is 0.143. The summed E-state index contributed by atoms with van der Waals surface area (Å²) >= 11 is 1.43. The van der Waals surface area contributed by atoms with Gasteiger partial charge in [0, 0.05) is 18.0 Å². The number of pyridine rings is 1. The predicted octanol–water partition coefficient (Wildman–Crippen LogP) is 1.77. The van der Waals surface area contributed by atoms with Gasteiger partial charge in [-0.3, -0.25) is 4.98 Å². The van der Waals surface area contributed by atoms with Crippen LogP contribution in [-0.4, -0.2) is 24.1 Å². The van der Waals surface area contributed by atoms with Gasteiger partial charge in [0.1, 0.15) is 0 Å². The zero-order valence-electron chi connectivity index (χ0n) is 11.6. The smallest absolute Gasteiger partial charge is 0.209 e. The van der Waals surface area contributed by atoms with E-state index in [1.807, 2.05) is 24.3 Å². The van der Waals surface area contributed by atoms with E-state index >= 15 is 0 Å². The number of hydrogen-bond donors (Lipinski definition) is 2. The van der Waals surface area contributed by atoms with Crippen LogP contribution in [0.5, 0.6) is 0 Å². The molecule has 0 bridgehead atoms. The standard InChI is InChI=1S/C14H14N4O2S2/c15-14-18-12-2-1-10(6-13(12)21-14)11-5-9(7-17-8-11)3-4-22(16,19)20/h1-2,5-8H,3-4H2,(H2,15,18)(H2,16,19,20). The lowest BCUT2D eigenvalue weighted by molar-refractivity contribution is 0.597. The third-order valence-electron chi connectivity index (χ3n) is 3.21. The fourth-order valence-electron chi connectivity index (χ4n) is 2.16. The number of thiazole rings is 1. The van der Waals surface area contributed by atoms with Crippen molar-refractivity contribution >= 4 is 36.7 Å². The molecule has 0 radical (unpaired) electrons. The predicted molar refractivity (Wildman–Crippen MR) is 88.9 cm³/mol. The van der Waals surface area contributed by atoms with Crippen LogP contribution in [0.4, 0.5) is 5.13 Å². The Labute approximate surface area is 131 Å². The Morgan fingerprint density at radius 2 is 1.95 bits per heavy atom. The molecule has 0 amide bonds. The first kappa shape index (κ1) is 14.9. The molecule has 114 valence electrons. The number of anilines is 1. The third-order valence-corrected chi connectivity index (χ3v) is 4.83. The Balaban J connectivity index is 1.92. The summed E-state index contributed by atoms with van der Waals surface area (Å²) in [7, 11) is -3.47. The number of nitrogens with two attached hydrogens (primary N) is 2. The third kappa shape index (κ3) is 3.41. The quantitative estimate of drug-likeness (QED) is 0.755. The van der Waals surface area contributed by atoms with Gasteiger partial charge in [0.25, 0.3) is 0 Å². The van der Waals surface area contributed by atoms with Crippen molar-refractivity contribution < 1.29 is 8.42 Å². The molecule has 0 unspecified atom stereocenters. The SMILES string of the molecule is Nc1nc2ccc(-c3cncc(CCS(N)(=O)=O)c3)cc2s1. The number of sulfonamides is 1. The van der Waals surface area contributed by atoms with Gasteiger partial charge in [-0.15, -0.1) is 0 Å². The van der Waals surface area contributed by atoms with E-state index in [2.05, 4.69) is 9.97 Å². The van der Waals surface area contributed by atoms with Crippen molar-refractivity contribution in [2.24, 2.45) is 5.14 Å². The van der Waals surface area contributed by atoms with E-state index in [0.29, 0.717) is 11.6 Å². The second kappa shape index (κ2) is 5.64. The molecule has 0 aliphatic rings. The van der Waals surface area contributed by atoms with Crippen LogP contribution in [0.2, 0.25) is 0 Å². The normalized spacial score (nSPS) is 11.9. The molecule has 0 atom stereocenters. The molecule has 3 rings (SSSR count). The fourth-order valence-corrected chi connectivity index (χ4v) is 3.46. The van der Waals surface area contributed by atoms with Gasteiger partial charge >= 0.3 is 0 Å². The van der Waals surface area contributed by atoms with Crippen molar-refractivity contribution in [2.45, 2.75) is 6.42 Å². The van der Waals surface area contributed by atoms with Gasteiger partial charge in [-0.05, 0) is 35.7 Å². The maximum Gasteiger partial charge on any atom is 0.209 e. The molecular formula is C14H14N4O2S2. The number of nitrogens with zero attached hydrogens (tertiary/aromatic N) is 2. The molecule has 8 heteroatoms. The average Bonchev–Trinajstić information content (AvgIpc) is 2.84. The van der Waals surface area contributed by atoms with E-state index in [4.69, 9.17) is 10.9 Å². The van der Waals surface area contributed by atoms with Crippen LogP contribution in [0.3, 0.4) is 0 Å². The number of primary sulfonamides is 1. The first-order valence-corrected chi connectivity index (χ1v) is 9.05. The molecule has 1 aromatic carbocycles. The van der Waals surface area contributed by atoms with E-state index in [9.17, 15) is 8.42 Å². The Kier molecular flexibility index (Phi) is 3.81. The van der Waals surface area contributed by atoms with Crippen LogP contribution in [-0.2, 0) is 16.4 Å². The minimum Gasteiger partial charge on any atom is -0.375 e. The highest BCUT2D eigenvalue weighted by Gasteiger charge is 2.07. The number of benzene rings is 1. The molecule has 2 aromatic heterocycles. The first-order valence-electron chi connectivity index (χ1n) is 6.51. The summed E-state index contributed by atoms with van der Waals surface area (Å²) in [5.74, 6) is -0.0947. The maximum atomic E-state index is 11.0. The van der Waals surface area contributed by atoms with Gasteiger partial charge in [-0.25, -0.2) is 18.5 Å². The Bertz CT molecular complexity index is 935. The molecule has 0 aliphatic carbocycles. The van der Waals surface area contributed by atoms with Gasteiger partial charge in [-0.1, -0.05) is 17.4 Å². The molecule has 3 aromatic rings. The minimum absolute atomic E-state index is 0.0947. The van der Waals surface area contributed by atoms with Crippen molar-refractivity contribution in [3.05, 3.63) is 42.2 Å². The molecular weight excluding hydrogens is 320 g/mol. The largest absolute Gasteiger partial charge is 0.375 e. The number of fused-ring (bicyclic) bond motifs is 1. The summed E-state index contributed by atoms with van der Waals surface area (Å²) in [5, 5.41) is 5.57. The number of rotatable bonds is 4. The highest BCUT2D eigenvalue weighted by Crippen LogP contribution is 2.29. The number of nitrogen functional groups attached to an aromatic ring is 1. The average molecular weight is 334 g/mol. The maximum absolute atomic E-state index is 11.0. The van der Waals surface area contributed by atoms with E-state index in [-0.39, 0.29) is 5.75 Å². The first-order chi connectivity index (χ1) is 10.4. The second-order valence-corrected chi connectivity index (χ2v) is 7.73. The lowest BCUT2D eigenvalue weighted by Crippen LogP contribution is -2.18. The zero-order chi connectivity index (χ0) is 15.7. The van der Waals surface area contributed by atoms with Crippen molar-refractivity contribution in [1.82, 2.24) is 9.97 Å². The van der Waals surface area contributed by atoms with Crippen LogP contribution >= 0.6 is 11.3 Å². The van der Waals surface area contributed by atoms with Crippen molar-refractivity contribution in [3.63, 3.8) is 0 Å². The number of aryl methyl sites for hydroxylation is 1. The number of hydrogen-bond acceptors (Lipinski definition) is 6. The van der Waals surface area contributed by atoms with E-state index in [1.54, 1.807) is 12.4 Å². The highest BCUT2D eigenvalue weighted by molar-refractivity contribution is 7.89. The van der Waals surface area contributed by atoms with Gasteiger partial charge in [0.2, 0.25) is 10.0 Å². The summed E-state index contributed by atoms with van der Waals surface area (Å²) in [5.41, 5.74) is 9.31. The topological polar surface area (TPSA) is 112 Å². The minimum atomic E-state index is -3.47. The van der Waals surface area contributed by atoms with Gasteiger partial charge in [0.05, 0.1) is 16.0 Å². The summed E-state index contributed by atoms with van der Waals surface area (Å²) in [6.07, 6.45) is 3.74. The van der Waals surface area contributed by atoms with Crippen LogP contribution in [0, 0.1) is 0 Å². The highest BCUT2D eigenvalue weighted by atomic mass is 32.2. The van der Waals surface area contributed by atoms with Gasteiger partial charge < -0.3 is 5.73 Å². The Morgan fingerprint density at radius 3 is 2.73 bits per heavy atom. The lowest BCUT2D eigenvalue weighted by atomic mass is 10.1. The lowest BCUT2D eigenvalue weighted by Gasteiger charge is -2.05. The van der Waals surface area contributed by atoms with Gasteiger partial charge in [-0.2, -0.15) is 0 Å². The molecule has 2 heterocycles. The molecule has 0 fully saturated rings. The molecule has 22 heavy (non-hydrogen) atoms. The molecule has 0 saturated carbocycles. The summed E-state index contributed by atoms with van der Waals surface area (Å²) in [4.78, 5) is 8.40. The van der Waals surface area contributed by atoms with E-state index < -0.39 is 10.0 Å². The Hall–Kier alpha value is -2.03. The van der Waals surface area contributed by atoms with Crippen LogP contribution in [0.1, 0.15) is 5.56 Å². The summed E-state index contributed by atoms with van der Waals surface area (Å²) < 4.78 is 23.1. The molecule has 0 spiro atoms. The number of aromatic nitrogens is 2. The van der Waals surface area contributed by atoms with E-state index in [1.165, 1.54) is 11.3 Å². The second-order valence-electron chi connectivity index (χ2n) is 4.93. The van der Waals surface area contributed by atoms with Crippen LogP contribution < -0.4 is 10.9 Å². The van der Waals surface area contributed by atoms with Crippen LogP contribution in [0.25, 0.3) is 21.3 Å². The summed E-state index contributed by atoms with van der Waals surface area (Å²) in [6.45, 7) is 0. The molecule has 0 saturated heterocycles.